The maximum absolute atomic E-state index is 11.1. The summed E-state index contributed by atoms with van der Waals surface area (Å²) in [4.78, 5) is 18.3. The number of likely N-dealkylation sites (tertiary alicyclic amines) is 1. The van der Waals surface area contributed by atoms with Crippen molar-refractivity contribution < 1.29 is 4.79 Å². The first-order valence-electron chi connectivity index (χ1n) is 7.90. The zero-order chi connectivity index (χ0) is 16.2. The van der Waals surface area contributed by atoms with Crippen LogP contribution in [-0.2, 0) is 6.54 Å². The van der Waals surface area contributed by atoms with E-state index in [-0.39, 0.29) is 0 Å². The standard InChI is InChI=1S/C17H22N4OS/c1-19-14-3-2-8-21(9-14)10-15-11-23-17(20-15)13-6-4-12(5-7-13)16(18)22/h4-7,11,14,19H,2-3,8-10H2,1H3,(H2,18,22). The SMILES string of the molecule is CNC1CCCN(Cc2csc(-c3ccc(C(N)=O)cc3)n2)C1. The van der Waals surface area contributed by atoms with Crippen molar-refractivity contribution in [2.75, 3.05) is 20.1 Å². The number of hydrogen-bond donors (Lipinski definition) is 2. The highest BCUT2D eigenvalue weighted by molar-refractivity contribution is 7.13. The van der Waals surface area contributed by atoms with Crippen molar-refractivity contribution in [3.05, 3.63) is 40.9 Å². The van der Waals surface area contributed by atoms with E-state index in [1.807, 2.05) is 19.2 Å². The molecule has 1 aromatic carbocycles. The van der Waals surface area contributed by atoms with E-state index in [2.05, 4.69) is 15.6 Å². The first-order chi connectivity index (χ1) is 11.2. The number of carbonyl (C=O) groups is 1. The molecule has 2 heterocycles. The number of aromatic nitrogens is 1. The van der Waals surface area contributed by atoms with Crippen LogP contribution in [-0.4, -0.2) is 42.0 Å². The summed E-state index contributed by atoms with van der Waals surface area (Å²) >= 11 is 1.64. The van der Waals surface area contributed by atoms with Crippen LogP contribution in [0.1, 0.15) is 28.9 Å². The lowest BCUT2D eigenvalue weighted by Crippen LogP contribution is -2.43. The maximum Gasteiger partial charge on any atom is 0.248 e. The van der Waals surface area contributed by atoms with Crippen LogP contribution in [0.4, 0.5) is 0 Å². The van der Waals surface area contributed by atoms with Gasteiger partial charge in [-0.15, -0.1) is 11.3 Å². The summed E-state index contributed by atoms with van der Waals surface area (Å²) in [6.45, 7) is 3.11. The van der Waals surface area contributed by atoms with Crippen molar-refractivity contribution in [3.63, 3.8) is 0 Å². The van der Waals surface area contributed by atoms with Crippen molar-refractivity contribution in [1.29, 1.82) is 0 Å². The number of likely N-dealkylation sites (N-methyl/N-ethyl adjacent to an activating group) is 1. The Hall–Kier alpha value is -1.76. The highest BCUT2D eigenvalue weighted by atomic mass is 32.1. The predicted octanol–water partition coefficient (Wildman–Crippen LogP) is 2.09. The van der Waals surface area contributed by atoms with E-state index in [1.165, 1.54) is 12.8 Å². The molecule has 6 heteroatoms. The summed E-state index contributed by atoms with van der Waals surface area (Å²) in [7, 11) is 2.03. The molecule has 1 atom stereocenters. The van der Waals surface area contributed by atoms with Gasteiger partial charge in [-0.05, 0) is 38.6 Å². The lowest BCUT2D eigenvalue weighted by Gasteiger charge is -2.31. The van der Waals surface area contributed by atoms with E-state index in [1.54, 1.807) is 23.5 Å². The van der Waals surface area contributed by atoms with Gasteiger partial charge in [0.05, 0.1) is 5.69 Å². The largest absolute Gasteiger partial charge is 0.366 e. The summed E-state index contributed by atoms with van der Waals surface area (Å²) in [6.07, 6.45) is 2.48. The van der Waals surface area contributed by atoms with Crippen LogP contribution in [0.3, 0.4) is 0 Å². The van der Waals surface area contributed by atoms with Gasteiger partial charge in [0.2, 0.25) is 5.91 Å². The Bertz CT molecular complexity index is 667. The minimum atomic E-state index is -0.402. The number of nitrogens with two attached hydrogens (primary N) is 1. The summed E-state index contributed by atoms with van der Waals surface area (Å²) in [5, 5.41) is 6.48. The number of hydrogen-bond acceptors (Lipinski definition) is 5. The van der Waals surface area contributed by atoms with Crippen LogP contribution in [0.25, 0.3) is 10.6 Å². The highest BCUT2D eigenvalue weighted by Crippen LogP contribution is 2.25. The van der Waals surface area contributed by atoms with Gasteiger partial charge >= 0.3 is 0 Å². The molecule has 0 radical (unpaired) electrons. The van der Waals surface area contributed by atoms with Gasteiger partial charge in [-0.3, -0.25) is 9.69 Å². The quantitative estimate of drug-likeness (QED) is 0.881. The summed E-state index contributed by atoms with van der Waals surface area (Å²) < 4.78 is 0. The summed E-state index contributed by atoms with van der Waals surface area (Å²) in [6, 6.07) is 7.89. The monoisotopic (exact) mass is 330 g/mol. The molecule has 1 aliphatic heterocycles. The molecule has 3 rings (SSSR count). The van der Waals surface area contributed by atoms with Gasteiger partial charge in [0, 0.05) is 35.6 Å². The van der Waals surface area contributed by atoms with Crippen LogP contribution >= 0.6 is 11.3 Å². The lowest BCUT2D eigenvalue weighted by molar-refractivity contribution is 0.100. The van der Waals surface area contributed by atoms with Crippen molar-refractivity contribution in [1.82, 2.24) is 15.2 Å². The van der Waals surface area contributed by atoms with E-state index >= 15 is 0 Å². The van der Waals surface area contributed by atoms with Crippen molar-refractivity contribution in [3.8, 4) is 10.6 Å². The Labute approximate surface area is 140 Å². The number of carbonyl (C=O) groups excluding carboxylic acids is 1. The fraction of sp³-hybridized carbons (Fsp3) is 0.412. The first-order valence-corrected chi connectivity index (χ1v) is 8.78. The van der Waals surface area contributed by atoms with Gasteiger partial charge in [-0.2, -0.15) is 0 Å². The molecule has 5 nitrogen and oxygen atoms in total. The molecule has 122 valence electrons. The number of benzene rings is 1. The molecule has 1 unspecified atom stereocenters. The molecule has 2 aromatic rings. The van der Waals surface area contributed by atoms with Crippen molar-refractivity contribution in [2.24, 2.45) is 5.73 Å². The van der Waals surface area contributed by atoms with Crippen LogP contribution in [0.2, 0.25) is 0 Å². The van der Waals surface area contributed by atoms with Gasteiger partial charge in [0.25, 0.3) is 0 Å². The number of nitrogens with zero attached hydrogens (tertiary/aromatic N) is 2. The van der Waals surface area contributed by atoms with E-state index < -0.39 is 5.91 Å². The molecule has 0 saturated carbocycles. The minimum absolute atomic E-state index is 0.402. The Kier molecular flexibility index (Phi) is 5.05. The molecule has 0 bridgehead atoms. The van der Waals surface area contributed by atoms with Crippen LogP contribution in [0.15, 0.2) is 29.6 Å². The average molecular weight is 330 g/mol. The second kappa shape index (κ2) is 7.21. The third-order valence-electron chi connectivity index (χ3n) is 4.27. The molecule has 0 spiro atoms. The van der Waals surface area contributed by atoms with Crippen molar-refractivity contribution >= 4 is 17.2 Å². The third kappa shape index (κ3) is 3.96. The molecule has 1 aliphatic rings. The Morgan fingerprint density at radius 1 is 1.43 bits per heavy atom. The fourth-order valence-corrected chi connectivity index (χ4v) is 3.77. The van der Waals surface area contributed by atoms with E-state index in [4.69, 9.17) is 10.7 Å². The molecular weight excluding hydrogens is 308 g/mol. The van der Waals surface area contributed by atoms with Gasteiger partial charge in [0.15, 0.2) is 0 Å². The first kappa shape index (κ1) is 16.1. The molecule has 23 heavy (non-hydrogen) atoms. The molecule has 1 amide bonds. The minimum Gasteiger partial charge on any atom is -0.366 e. The van der Waals surface area contributed by atoms with Crippen LogP contribution in [0.5, 0.6) is 0 Å². The smallest absolute Gasteiger partial charge is 0.248 e. The lowest BCUT2D eigenvalue weighted by atomic mass is 10.1. The molecule has 1 fully saturated rings. The van der Waals surface area contributed by atoms with Gasteiger partial charge in [-0.1, -0.05) is 12.1 Å². The van der Waals surface area contributed by atoms with Gasteiger partial charge in [0.1, 0.15) is 5.01 Å². The van der Waals surface area contributed by atoms with Gasteiger partial charge in [-0.25, -0.2) is 4.98 Å². The Morgan fingerprint density at radius 3 is 2.91 bits per heavy atom. The highest BCUT2D eigenvalue weighted by Gasteiger charge is 2.19. The molecule has 0 aliphatic carbocycles. The summed E-state index contributed by atoms with van der Waals surface area (Å²) in [5.41, 5.74) is 7.93. The Balaban J connectivity index is 1.66. The van der Waals surface area contributed by atoms with Gasteiger partial charge < -0.3 is 11.1 Å². The molecule has 1 aromatic heterocycles. The number of amides is 1. The van der Waals surface area contributed by atoms with Crippen LogP contribution in [0, 0.1) is 0 Å². The molecule has 3 N–H and O–H groups in total. The number of primary amides is 1. The Morgan fingerprint density at radius 2 is 2.22 bits per heavy atom. The number of nitrogens with one attached hydrogen (secondary N) is 1. The zero-order valence-electron chi connectivity index (χ0n) is 13.3. The number of piperidine rings is 1. The second-order valence-corrected chi connectivity index (χ2v) is 6.81. The second-order valence-electron chi connectivity index (χ2n) is 5.95. The van der Waals surface area contributed by atoms with E-state index in [0.717, 1.165) is 35.9 Å². The third-order valence-corrected chi connectivity index (χ3v) is 5.21. The normalized spacial score (nSPS) is 18.9. The topological polar surface area (TPSA) is 71.2 Å². The number of rotatable bonds is 5. The number of thiazole rings is 1. The molecular formula is C17H22N4OS. The average Bonchev–Trinajstić information content (AvgIpc) is 3.03. The summed E-state index contributed by atoms with van der Waals surface area (Å²) in [5.74, 6) is -0.402. The van der Waals surface area contributed by atoms with Crippen molar-refractivity contribution in [2.45, 2.75) is 25.4 Å². The fourth-order valence-electron chi connectivity index (χ4n) is 2.95. The maximum atomic E-state index is 11.1. The predicted molar refractivity (Wildman–Crippen MR) is 93.4 cm³/mol. The van der Waals surface area contributed by atoms with E-state index in [9.17, 15) is 4.79 Å². The molecule has 1 saturated heterocycles. The van der Waals surface area contributed by atoms with Crippen LogP contribution < -0.4 is 11.1 Å². The zero-order valence-corrected chi connectivity index (χ0v) is 14.1. The van der Waals surface area contributed by atoms with E-state index in [0.29, 0.717) is 11.6 Å².